The van der Waals surface area contributed by atoms with Crippen LogP contribution in [0.5, 0.6) is 0 Å². The molecule has 0 aliphatic carbocycles. The van der Waals surface area contributed by atoms with E-state index in [1.165, 1.54) is 10.9 Å². The first kappa shape index (κ1) is 7.62. The molecular formula is C10H9NS. The normalized spacial score (nSPS) is 10.5. The summed E-state index contributed by atoms with van der Waals surface area (Å²) in [4.78, 5) is 5.14. The second kappa shape index (κ2) is 2.79. The molecule has 2 rings (SSSR count). The SMILES string of the molecule is Cc1cncc2cccc(S)c12. The number of hydrogen-bond acceptors (Lipinski definition) is 2. The van der Waals surface area contributed by atoms with Gasteiger partial charge in [-0.1, -0.05) is 12.1 Å². The predicted octanol–water partition coefficient (Wildman–Crippen LogP) is 2.83. The minimum atomic E-state index is 1.02. The van der Waals surface area contributed by atoms with E-state index in [-0.39, 0.29) is 0 Å². The second-order valence-electron chi connectivity index (χ2n) is 2.83. The van der Waals surface area contributed by atoms with E-state index in [0.717, 1.165) is 10.3 Å². The van der Waals surface area contributed by atoms with Gasteiger partial charge in [0.05, 0.1) is 0 Å². The van der Waals surface area contributed by atoms with Crippen molar-refractivity contribution in [3.63, 3.8) is 0 Å². The van der Waals surface area contributed by atoms with E-state index in [4.69, 9.17) is 0 Å². The second-order valence-corrected chi connectivity index (χ2v) is 3.31. The summed E-state index contributed by atoms with van der Waals surface area (Å²) in [5.74, 6) is 0. The largest absolute Gasteiger partial charge is 0.264 e. The van der Waals surface area contributed by atoms with Gasteiger partial charge in [-0.3, -0.25) is 4.98 Å². The summed E-state index contributed by atoms with van der Waals surface area (Å²) in [6.07, 6.45) is 3.73. The van der Waals surface area contributed by atoms with Crippen molar-refractivity contribution in [3.8, 4) is 0 Å². The van der Waals surface area contributed by atoms with Crippen molar-refractivity contribution in [1.29, 1.82) is 0 Å². The Kier molecular flexibility index (Phi) is 1.77. The number of fused-ring (bicyclic) bond motifs is 1. The molecule has 0 fully saturated rings. The van der Waals surface area contributed by atoms with Crippen LogP contribution in [0.15, 0.2) is 35.5 Å². The summed E-state index contributed by atoms with van der Waals surface area (Å²) in [6.45, 7) is 2.05. The average molecular weight is 175 g/mol. The molecule has 0 spiro atoms. The summed E-state index contributed by atoms with van der Waals surface area (Å²) in [7, 11) is 0. The topological polar surface area (TPSA) is 12.9 Å². The lowest BCUT2D eigenvalue weighted by atomic mass is 10.1. The van der Waals surface area contributed by atoms with Gasteiger partial charge in [0.15, 0.2) is 0 Å². The number of aromatic nitrogens is 1. The van der Waals surface area contributed by atoms with Crippen molar-refractivity contribution in [1.82, 2.24) is 4.98 Å². The average Bonchev–Trinajstić information content (AvgIpc) is 2.04. The minimum absolute atomic E-state index is 1.02. The van der Waals surface area contributed by atoms with Gasteiger partial charge in [0.1, 0.15) is 0 Å². The number of nitrogens with zero attached hydrogens (tertiary/aromatic N) is 1. The highest BCUT2D eigenvalue weighted by Gasteiger charge is 1.99. The first-order valence-electron chi connectivity index (χ1n) is 3.81. The summed E-state index contributed by atoms with van der Waals surface area (Å²) in [6, 6.07) is 6.04. The first-order valence-corrected chi connectivity index (χ1v) is 4.26. The molecule has 0 saturated carbocycles. The molecule has 0 amide bonds. The van der Waals surface area contributed by atoms with Crippen LogP contribution < -0.4 is 0 Å². The van der Waals surface area contributed by atoms with Crippen LogP contribution in [0.3, 0.4) is 0 Å². The number of aryl methyl sites for hydroxylation is 1. The molecule has 2 heteroatoms. The molecular weight excluding hydrogens is 166 g/mol. The highest BCUT2D eigenvalue weighted by atomic mass is 32.1. The van der Waals surface area contributed by atoms with Crippen molar-refractivity contribution >= 4 is 23.4 Å². The first-order chi connectivity index (χ1) is 5.79. The standard InChI is InChI=1S/C10H9NS/c1-7-5-11-6-8-3-2-4-9(12)10(7)8/h2-6,12H,1H3. The fourth-order valence-corrected chi connectivity index (χ4v) is 1.78. The number of hydrogen-bond donors (Lipinski definition) is 1. The number of thiol groups is 1. The van der Waals surface area contributed by atoms with Gasteiger partial charge in [-0.15, -0.1) is 12.6 Å². The van der Waals surface area contributed by atoms with Gasteiger partial charge in [0, 0.05) is 28.1 Å². The van der Waals surface area contributed by atoms with Crippen LogP contribution in [0.2, 0.25) is 0 Å². The van der Waals surface area contributed by atoms with E-state index < -0.39 is 0 Å². The summed E-state index contributed by atoms with van der Waals surface area (Å²) < 4.78 is 0. The fraction of sp³-hybridized carbons (Fsp3) is 0.100. The summed E-state index contributed by atoms with van der Waals surface area (Å²) >= 11 is 4.39. The van der Waals surface area contributed by atoms with Crippen LogP contribution in [0.25, 0.3) is 10.8 Å². The molecule has 12 heavy (non-hydrogen) atoms. The van der Waals surface area contributed by atoms with Gasteiger partial charge >= 0.3 is 0 Å². The Labute approximate surface area is 76.9 Å². The maximum absolute atomic E-state index is 4.39. The maximum atomic E-state index is 4.39. The van der Waals surface area contributed by atoms with Crippen LogP contribution in [-0.2, 0) is 0 Å². The Bertz CT molecular complexity index is 386. The Morgan fingerprint density at radius 3 is 2.83 bits per heavy atom. The molecule has 0 atom stereocenters. The van der Waals surface area contributed by atoms with Crippen molar-refractivity contribution < 1.29 is 0 Å². The Balaban J connectivity index is 2.96. The zero-order valence-electron chi connectivity index (χ0n) is 6.78. The third-order valence-electron chi connectivity index (χ3n) is 1.95. The van der Waals surface area contributed by atoms with Crippen LogP contribution in [-0.4, -0.2) is 4.98 Å². The van der Waals surface area contributed by atoms with Crippen molar-refractivity contribution in [2.45, 2.75) is 11.8 Å². The predicted molar refractivity (Wildman–Crippen MR) is 53.7 cm³/mol. The molecule has 0 saturated heterocycles. The van der Waals surface area contributed by atoms with Crippen LogP contribution in [0, 0.1) is 6.92 Å². The van der Waals surface area contributed by atoms with E-state index in [1.807, 2.05) is 24.5 Å². The summed E-state index contributed by atoms with van der Waals surface area (Å²) in [5.41, 5.74) is 1.18. The van der Waals surface area contributed by atoms with Crippen molar-refractivity contribution in [3.05, 3.63) is 36.2 Å². The third kappa shape index (κ3) is 1.08. The van der Waals surface area contributed by atoms with E-state index >= 15 is 0 Å². The van der Waals surface area contributed by atoms with Crippen LogP contribution in [0.1, 0.15) is 5.56 Å². The monoisotopic (exact) mass is 175 g/mol. The minimum Gasteiger partial charge on any atom is -0.264 e. The fourth-order valence-electron chi connectivity index (χ4n) is 1.39. The van der Waals surface area contributed by atoms with E-state index in [9.17, 15) is 0 Å². The molecule has 0 radical (unpaired) electrons. The van der Waals surface area contributed by atoms with Gasteiger partial charge in [0.2, 0.25) is 0 Å². The molecule has 0 bridgehead atoms. The molecule has 1 aromatic heterocycles. The summed E-state index contributed by atoms with van der Waals surface area (Å²) in [5, 5.41) is 2.36. The lowest BCUT2D eigenvalue weighted by Crippen LogP contribution is -1.81. The zero-order valence-corrected chi connectivity index (χ0v) is 7.68. The highest BCUT2D eigenvalue weighted by Crippen LogP contribution is 2.23. The lowest BCUT2D eigenvalue weighted by molar-refractivity contribution is 1.29. The van der Waals surface area contributed by atoms with E-state index in [0.29, 0.717) is 0 Å². The lowest BCUT2D eigenvalue weighted by Gasteiger charge is -2.02. The molecule has 0 aliphatic rings. The Morgan fingerprint density at radius 2 is 2.08 bits per heavy atom. The van der Waals surface area contributed by atoms with Gasteiger partial charge in [-0.25, -0.2) is 0 Å². The number of rotatable bonds is 0. The van der Waals surface area contributed by atoms with Crippen LogP contribution >= 0.6 is 12.6 Å². The van der Waals surface area contributed by atoms with Gasteiger partial charge in [-0.2, -0.15) is 0 Å². The molecule has 1 heterocycles. The molecule has 0 N–H and O–H groups in total. The third-order valence-corrected chi connectivity index (χ3v) is 2.32. The zero-order chi connectivity index (χ0) is 8.55. The highest BCUT2D eigenvalue weighted by molar-refractivity contribution is 7.80. The number of benzene rings is 1. The van der Waals surface area contributed by atoms with Crippen molar-refractivity contribution in [2.75, 3.05) is 0 Å². The van der Waals surface area contributed by atoms with Crippen molar-refractivity contribution in [2.24, 2.45) is 0 Å². The Morgan fingerprint density at radius 1 is 1.25 bits per heavy atom. The van der Waals surface area contributed by atoms with Crippen LogP contribution in [0.4, 0.5) is 0 Å². The smallest absolute Gasteiger partial charge is 0.0346 e. The number of pyridine rings is 1. The maximum Gasteiger partial charge on any atom is 0.0346 e. The van der Waals surface area contributed by atoms with E-state index in [1.54, 1.807) is 0 Å². The Hall–Kier alpha value is -1.02. The molecule has 2 aromatic rings. The quantitative estimate of drug-likeness (QED) is 0.607. The molecule has 1 aromatic carbocycles. The molecule has 0 aliphatic heterocycles. The van der Waals surface area contributed by atoms with Gasteiger partial charge in [0.25, 0.3) is 0 Å². The molecule has 0 unspecified atom stereocenters. The molecule has 1 nitrogen and oxygen atoms in total. The van der Waals surface area contributed by atoms with Gasteiger partial charge < -0.3 is 0 Å². The molecule has 60 valence electrons. The van der Waals surface area contributed by atoms with E-state index in [2.05, 4.69) is 30.6 Å². The van der Waals surface area contributed by atoms with Gasteiger partial charge in [-0.05, 0) is 18.6 Å².